The molecule has 0 saturated carbocycles. The summed E-state index contributed by atoms with van der Waals surface area (Å²) in [7, 11) is -3.92. The van der Waals surface area contributed by atoms with Crippen molar-refractivity contribution in [1.82, 2.24) is 14.6 Å². The molecule has 3 rings (SSSR count). The fourth-order valence-corrected chi connectivity index (χ4v) is 5.38. The molecule has 1 aromatic heterocycles. The fourth-order valence-electron chi connectivity index (χ4n) is 3.78. The number of carbonyl (C=O) groups excluding carboxylic acids is 1. The van der Waals surface area contributed by atoms with Crippen LogP contribution in [0.4, 0.5) is 4.79 Å². The van der Waals surface area contributed by atoms with Crippen molar-refractivity contribution in [2.75, 3.05) is 13.1 Å². The summed E-state index contributed by atoms with van der Waals surface area (Å²) in [6, 6.07) is 17.9. The number of aliphatic hydroxyl groups is 1. The molecule has 3 N–H and O–H groups in total. The lowest BCUT2D eigenvalue weighted by atomic mass is 9.99. The van der Waals surface area contributed by atoms with E-state index in [9.17, 15) is 23.4 Å². The van der Waals surface area contributed by atoms with Gasteiger partial charge in [-0.1, -0.05) is 50.2 Å². The molecule has 0 aliphatic carbocycles. The van der Waals surface area contributed by atoms with Crippen LogP contribution in [0.3, 0.4) is 0 Å². The van der Waals surface area contributed by atoms with Crippen LogP contribution in [0.5, 0.6) is 5.75 Å². The predicted octanol–water partition coefficient (Wildman–Crippen LogP) is 3.68. The molecule has 1 heterocycles. The number of alkyl carbamates (subject to hydrolysis) is 1. The third kappa shape index (κ3) is 8.56. The maximum Gasteiger partial charge on any atom is 0.409 e. The molecule has 0 aliphatic heterocycles. The van der Waals surface area contributed by atoms with E-state index in [4.69, 9.17) is 4.74 Å². The lowest BCUT2D eigenvalue weighted by molar-refractivity contribution is -0.00773. The second kappa shape index (κ2) is 12.7. The number of rotatable bonds is 12. The number of carbonyl (C=O) groups is 1. The van der Waals surface area contributed by atoms with Crippen LogP contribution in [0.1, 0.15) is 31.4 Å². The first kappa shape index (κ1) is 28.1. The minimum atomic E-state index is -3.92. The summed E-state index contributed by atoms with van der Waals surface area (Å²) in [5.41, 5.74) is -0.339. The first-order chi connectivity index (χ1) is 17.6. The number of ether oxygens (including phenoxy) is 1. The van der Waals surface area contributed by atoms with Crippen molar-refractivity contribution in [2.24, 2.45) is 5.92 Å². The monoisotopic (exact) mass is 527 g/mol. The summed E-state index contributed by atoms with van der Waals surface area (Å²) in [6.45, 7) is 3.90. The molecule has 0 bridgehead atoms. The number of amides is 1. The van der Waals surface area contributed by atoms with Crippen LogP contribution in [0.2, 0.25) is 0 Å². The van der Waals surface area contributed by atoms with Crippen LogP contribution in [0, 0.1) is 5.92 Å². The topological polar surface area (TPSA) is 129 Å². The minimum Gasteiger partial charge on any atom is -0.508 e. The molecule has 1 unspecified atom stereocenters. The van der Waals surface area contributed by atoms with Gasteiger partial charge in [-0.05, 0) is 41.8 Å². The Hall–Kier alpha value is -3.47. The van der Waals surface area contributed by atoms with Crippen LogP contribution in [-0.4, -0.2) is 52.8 Å². The van der Waals surface area contributed by atoms with Crippen molar-refractivity contribution in [3.63, 3.8) is 0 Å². The van der Waals surface area contributed by atoms with Gasteiger partial charge in [0.05, 0.1) is 4.90 Å². The van der Waals surface area contributed by atoms with Crippen LogP contribution < -0.4 is 5.32 Å². The molecule has 0 saturated heterocycles. The normalized spacial score (nSPS) is 13.3. The molecule has 37 heavy (non-hydrogen) atoms. The highest BCUT2D eigenvalue weighted by atomic mass is 32.2. The molecule has 1 atom stereocenters. The second-order valence-corrected chi connectivity index (χ2v) is 11.2. The van der Waals surface area contributed by atoms with Gasteiger partial charge in [0.1, 0.15) is 18.1 Å². The Bertz CT molecular complexity index is 1240. The van der Waals surface area contributed by atoms with Crippen molar-refractivity contribution in [2.45, 2.75) is 43.9 Å². The summed E-state index contributed by atoms with van der Waals surface area (Å²) in [4.78, 5) is 16.6. The SMILES string of the molecule is CC(C)CN(CCC(O)(Cc1ccccc1)NC(=O)OCc1cccnc1)S(=O)(=O)c1ccc(O)cc1. The Labute approximate surface area is 217 Å². The van der Waals surface area contributed by atoms with E-state index in [2.05, 4.69) is 10.3 Å². The van der Waals surface area contributed by atoms with Crippen LogP contribution in [-0.2, 0) is 27.8 Å². The predicted molar refractivity (Wildman–Crippen MR) is 139 cm³/mol. The quantitative estimate of drug-likeness (QED) is 0.307. The largest absolute Gasteiger partial charge is 0.508 e. The molecular formula is C27H33N3O6S. The van der Waals surface area contributed by atoms with Gasteiger partial charge in [0.15, 0.2) is 0 Å². The lowest BCUT2D eigenvalue weighted by Gasteiger charge is -2.32. The second-order valence-electron chi connectivity index (χ2n) is 9.26. The van der Waals surface area contributed by atoms with Gasteiger partial charge in [0.25, 0.3) is 0 Å². The molecule has 198 valence electrons. The number of aromatic hydroxyl groups is 1. The van der Waals surface area contributed by atoms with E-state index >= 15 is 0 Å². The van der Waals surface area contributed by atoms with Crippen molar-refractivity contribution in [1.29, 1.82) is 0 Å². The van der Waals surface area contributed by atoms with E-state index in [1.54, 1.807) is 24.5 Å². The summed E-state index contributed by atoms with van der Waals surface area (Å²) in [5.74, 6) is -0.0351. The molecule has 2 aromatic carbocycles. The fraction of sp³-hybridized carbons (Fsp3) is 0.333. The zero-order valence-electron chi connectivity index (χ0n) is 20.9. The molecule has 3 aromatic rings. The highest BCUT2D eigenvalue weighted by Gasteiger charge is 2.34. The number of nitrogens with one attached hydrogen (secondary N) is 1. The van der Waals surface area contributed by atoms with Crippen molar-refractivity contribution >= 4 is 16.1 Å². The van der Waals surface area contributed by atoms with E-state index in [0.717, 1.165) is 5.56 Å². The average molecular weight is 528 g/mol. The first-order valence-corrected chi connectivity index (χ1v) is 13.4. The highest BCUT2D eigenvalue weighted by molar-refractivity contribution is 7.89. The van der Waals surface area contributed by atoms with Gasteiger partial charge < -0.3 is 14.9 Å². The smallest absolute Gasteiger partial charge is 0.409 e. The van der Waals surface area contributed by atoms with Gasteiger partial charge in [0.2, 0.25) is 10.0 Å². The number of aromatic nitrogens is 1. The minimum absolute atomic E-state index is 0.00603. The Balaban J connectivity index is 1.79. The summed E-state index contributed by atoms with van der Waals surface area (Å²) >= 11 is 0. The molecular weight excluding hydrogens is 494 g/mol. The number of phenols is 1. The highest BCUT2D eigenvalue weighted by Crippen LogP contribution is 2.23. The lowest BCUT2D eigenvalue weighted by Crippen LogP contribution is -2.52. The average Bonchev–Trinajstić information content (AvgIpc) is 2.86. The van der Waals surface area contributed by atoms with Crippen LogP contribution >= 0.6 is 0 Å². The molecule has 0 radical (unpaired) electrons. The molecule has 0 spiro atoms. The number of hydrogen-bond donors (Lipinski definition) is 3. The summed E-state index contributed by atoms with van der Waals surface area (Å²) in [5, 5.41) is 23.6. The number of hydrogen-bond acceptors (Lipinski definition) is 7. The Morgan fingerprint density at radius 3 is 2.35 bits per heavy atom. The number of sulfonamides is 1. The number of pyridine rings is 1. The van der Waals surface area contributed by atoms with Gasteiger partial charge in [-0.15, -0.1) is 0 Å². The number of benzene rings is 2. The third-order valence-corrected chi connectivity index (χ3v) is 7.46. The van der Waals surface area contributed by atoms with Crippen LogP contribution in [0.15, 0.2) is 84.0 Å². The Morgan fingerprint density at radius 2 is 1.73 bits per heavy atom. The first-order valence-electron chi connectivity index (χ1n) is 12.0. The Kier molecular flexibility index (Phi) is 9.62. The van der Waals surface area contributed by atoms with Gasteiger partial charge in [-0.25, -0.2) is 13.2 Å². The van der Waals surface area contributed by atoms with E-state index in [-0.39, 0.29) is 49.1 Å². The molecule has 1 amide bonds. The van der Waals surface area contributed by atoms with E-state index in [1.807, 2.05) is 44.2 Å². The number of phenolic OH excluding ortho intramolecular Hbond substituents is 1. The van der Waals surface area contributed by atoms with Crippen molar-refractivity contribution in [3.8, 4) is 5.75 Å². The maximum atomic E-state index is 13.4. The molecule has 0 fully saturated rings. The number of nitrogens with zero attached hydrogens (tertiary/aromatic N) is 2. The van der Waals surface area contributed by atoms with Gasteiger partial charge in [-0.3, -0.25) is 10.3 Å². The van der Waals surface area contributed by atoms with Gasteiger partial charge in [-0.2, -0.15) is 4.31 Å². The van der Waals surface area contributed by atoms with E-state index in [1.165, 1.54) is 28.6 Å². The van der Waals surface area contributed by atoms with Crippen molar-refractivity contribution < 1.29 is 28.2 Å². The Morgan fingerprint density at radius 1 is 1.05 bits per heavy atom. The third-order valence-electron chi connectivity index (χ3n) is 5.58. The zero-order chi connectivity index (χ0) is 26.9. The summed E-state index contributed by atoms with van der Waals surface area (Å²) in [6.07, 6.45) is 2.30. The van der Waals surface area contributed by atoms with Gasteiger partial charge >= 0.3 is 6.09 Å². The molecule has 0 aliphatic rings. The molecule has 10 heteroatoms. The van der Waals surface area contributed by atoms with Crippen LogP contribution in [0.25, 0.3) is 0 Å². The maximum absolute atomic E-state index is 13.4. The van der Waals surface area contributed by atoms with Crippen molar-refractivity contribution in [3.05, 3.63) is 90.3 Å². The van der Waals surface area contributed by atoms with Gasteiger partial charge in [0, 0.05) is 43.9 Å². The van der Waals surface area contributed by atoms with E-state index < -0.39 is 21.8 Å². The molecule has 9 nitrogen and oxygen atoms in total. The zero-order valence-corrected chi connectivity index (χ0v) is 21.8. The van der Waals surface area contributed by atoms with E-state index in [0.29, 0.717) is 5.56 Å². The summed E-state index contributed by atoms with van der Waals surface area (Å²) < 4.78 is 33.3. The standard InChI is InChI=1S/C27H33N3O6S/c1-21(2)19-30(37(34,35)25-12-10-24(31)11-13-25)16-14-27(33,17-22-7-4-3-5-8-22)29-26(32)36-20-23-9-6-15-28-18-23/h3-13,15,18,21,31,33H,14,16-17,19-20H2,1-2H3,(H,29,32).